The number of para-hydroxylation sites is 1. The van der Waals surface area contributed by atoms with Gasteiger partial charge in [0.2, 0.25) is 11.8 Å². The van der Waals surface area contributed by atoms with Crippen LogP contribution < -0.4 is 15.4 Å². The highest BCUT2D eigenvalue weighted by atomic mass is 16.6. The van der Waals surface area contributed by atoms with E-state index in [1.807, 2.05) is 29.2 Å². The van der Waals surface area contributed by atoms with E-state index in [4.69, 9.17) is 9.47 Å². The molecular formula is C23H35N3O5. The second-order valence-corrected chi connectivity index (χ2v) is 8.80. The first-order valence-electron chi connectivity index (χ1n) is 10.8. The lowest BCUT2D eigenvalue weighted by atomic mass is 9.96. The van der Waals surface area contributed by atoms with Crippen molar-refractivity contribution in [2.45, 2.75) is 52.1 Å². The van der Waals surface area contributed by atoms with Crippen LogP contribution in [0.1, 0.15) is 45.6 Å². The Bertz CT molecular complexity index is 752. The maximum Gasteiger partial charge on any atom is 0.408 e. The number of methoxy groups -OCH3 is 1. The van der Waals surface area contributed by atoms with Gasteiger partial charge in [-0.3, -0.25) is 9.59 Å². The lowest BCUT2D eigenvalue weighted by Gasteiger charge is -2.32. The zero-order valence-electron chi connectivity index (χ0n) is 19.0. The number of ether oxygens (including phenoxy) is 2. The molecule has 3 amide bonds. The summed E-state index contributed by atoms with van der Waals surface area (Å²) in [6.07, 6.45) is 2.20. The second-order valence-electron chi connectivity index (χ2n) is 8.80. The Morgan fingerprint density at radius 2 is 1.77 bits per heavy atom. The van der Waals surface area contributed by atoms with Gasteiger partial charge in [0.25, 0.3) is 0 Å². The van der Waals surface area contributed by atoms with Gasteiger partial charge in [0, 0.05) is 26.1 Å². The third kappa shape index (κ3) is 8.86. The Kier molecular flexibility index (Phi) is 9.15. The molecule has 8 heteroatoms. The number of aryl methyl sites for hydroxylation is 1. The van der Waals surface area contributed by atoms with Crippen molar-refractivity contribution < 1.29 is 23.9 Å². The maximum absolute atomic E-state index is 12.6. The summed E-state index contributed by atoms with van der Waals surface area (Å²) in [6, 6.07) is 7.76. The van der Waals surface area contributed by atoms with Crippen LogP contribution in [-0.4, -0.2) is 61.7 Å². The largest absolute Gasteiger partial charge is 0.496 e. The molecule has 2 rings (SSSR count). The molecule has 1 aliphatic heterocycles. The predicted molar refractivity (Wildman–Crippen MR) is 118 cm³/mol. The summed E-state index contributed by atoms with van der Waals surface area (Å²) >= 11 is 0. The number of nitrogens with zero attached hydrogens (tertiary/aromatic N) is 1. The first-order chi connectivity index (χ1) is 14.7. The topological polar surface area (TPSA) is 97.0 Å². The van der Waals surface area contributed by atoms with Gasteiger partial charge in [-0.05, 0) is 57.6 Å². The number of benzene rings is 1. The van der Waals surface area contributed by atoms with Crippen molar-refractivity contribution in [3.63, 3.8) is 0 Å². The molecule has 0 atom stereocenters. The van der Waals surface area contributed by atoms with Gasteiger partial charge in [0.1, 0.15) is 11.4 Å². The van der Waals surface area contributed by atoms with Gasteiger partial charge < -0.3 is 25.0 Å². The average molecular weight is 434 g/mol. The number of likely N-dealkylation sites (tertiary alicyclic amines) is 1. The van der Waals surface area contributed by atoms with Crippen LogP contribution in [0.15, 0.2) is 24.3 Å². The highest BCUT2D eigenvalue weighted by Crippen LogP contribution is 2.21. The Morgan fingerprint density at radius 1 is 1.10 bits per heavy atom. The van der Waals surface area contributed by atoms with E-state index in [1.54, 1.807) is 27.9 Å². The normalized spacial score (nSPS) is 14.6. The molecule has 0 spiro atoms. The Balaban J connectivity index is 1.64. The molecule has 0 aromatic heterocycles. The van der Waals surface area contributed by atoms with E-state index in [0.717, 1.165) is 24.2 Å². The Labute approximate surface area is 184 Å². The Morgan fingerprint density at radius 3 is 2.42 bits per heavy atom. The summed E-state index contributed by atoms with van der Waals surface area (Å²) in [5.74, 6) is 1.03. The highest BCUT2D eigenvalue weighted by molar-refractivity contribution is 5.82. The first kappa shape index (κ1) is 24.5. The monoisotopic (exact) mass is 433 g/mol. The van der Waals surface area contributed by atoms with Gasteiger partial charge in [-0.2, -0.15) is 0 Å². The van der Waals surface area contributed by atoms with Gasteiger partial charge in [-0.25, -0.2) is 4.79 Å². The van der Waals surface area contributed by atoms with Crippen LogP contribution in [0.25, 0.3) is 0 Å². The number of amides is 3. The SMILES string of the molecule is COc1ccccc1CCC(=O)N1CCC(CNC(=O)CNC(=O)OC(C)(C)C)CC1. The van der Waals surface area contributed by atoms with E-state index in [9.17, 15) is 14.4 Å². The second kappa shape index (κ2) is 11.6. The van der Waals surface area contributed by atoms with Gasteiger partial charge in [0.05, 0.1) is 13.7 Å². The molecule has 0 aliphatic carbocycles. The van der Waals surface area contributed by atoms with Gasteiger partial charge in [-0.15, -0.1) is 0 Å². The summed E-state index contributed by atoms with van der Waals surface area (Å²) in [5, 5.41) is 5.30. The number of alkyl carbamates (subject to hydrolysis) is 1. The molecule has 1 saturated heterocycles. The number of hydrogen-bond donors (Lipinski definition) is 2. The van der Waals surface area contributed by atoms with Crippen molar-refractivity contribution in [2.75, 3.05) is 33.3 Å². The zero-order valence-corrected chi connectivity index (χ0v) is 19.0. The lowest BCUT2D eigenvalue weighted by molar-refractivity contribution is -0.132. The van der Waals surface area contributed by atoms with Crippen molar-refractivity contribution in [3.8, 4) is 5.75 Å². The first-order valence-corrected chi connectivity index (χ1v) is 10.8. The van der Waals surface area contributed by atoms with E-state index in [2.05, 4.69) is 10.6 Å². The summed E-state index contributed by atoms with van der Waals surface area (Å²) < 4.78 is 10.4. The van der Waals surface area contributed by atoms with Crippen LogP contribution in [0.5, 0.6) is 5.75 Å². The summed E-state index contributed by atoms with van der Waals surface area (Å²) in [5.41, 5.74) is 0.440. The van der Waals surface area contributed by atoms with E-state index in [1.165, 1.54) is 0 Å². The number of carbonyl (C=O) groups excluding carboxylic acids is 3. The van der Waals surface area contributed by atoms with E-state index < -0.39 is 11.7 Å². The number of nitrogens with one attached hydrogen (secondary N) is 2. The van der Waals surface area contributed by atoms with E-state index in [-0.39, 0.29) is 18.4 Å². The number of piperidine rings is 1. The fourth-order valence-electron chi connectivity index (χ4n) is 3.48. The molecule has 1 aromatic rings. The fourth-order valence-corrected chi connectivity index (χ4v) is 3.48. The Hall–Kier alpha value is -2.77. The molecule has 1 aromatic carbocycles. The molecule has 172 valence electrons. The lowest BCUT2D eigenvalue weighted by Crippen LogP contribution is -2.44. The third-order valence-corrected chi connectivity index (χ3v) is 5.15. The minimum absolute atomic E-state index is 0.116. The summed E-state index contributed by atoms with van der Waals surface area (Å²) in [4.78, 5) is 38.0. The molecule has 31 heavy (non-hydrogen) atoms. The van der Waals surface area contributed by atoms with Gasteiger partial charge >= 0.3 is 6.09 Å². The van der Waals surface area contributed by atoms with Crippen LogP contribution >= 0.6 is 0 Å². The van der Waals surface area contributed by atoms with Crippen molar-refractivity contribution in [1.29, 1.82) is 0 Å². The number of carbonyl (C=O) groups is 3. The molecule has 1 heterocycles. The number of hydrogen-bond acceptors (Lipinski definition) is 5. The molecule has 2 N–H and O–H groups in total. The minimum atomic E-state index is -0.609. The number of rotatable bonds is 8. The average Bonchev–Trinajstić information content (AvgIpc) is 2.74. The molecule has 1 fully saturated rings. The van der Waals surface area contributed by atoms with Crippen molar-refractivity contribution in [2.24, 2.45) is 5.92 Å². The summed E-state index contributed by atoms with van der Waals surface area (Å²) in [7, 11) is 1.64. The maximum atomic E-state index is 12.6. The summed E-state index contributed by atoms with van der Waals surface area (Å²) in [6.45, 7) is 7.11. The zero-order chi connectivity index (χ0) is 22.9. The van der Waals surface area contributed by atoms with Crippen LogP contribution in [0.4, 0.5) is 4.79 Å². The molecule has 0 radical (unpaired) electrons. The van der Waals surface area contributed by atoms with Crippen LogP contribution in [0.2, 0.25) is 0 Å². The highest BCUT2D eigenvalue weighted by Gasteiger charge is 2.23. The van der Waals surface area contributed by atoms with Gasteiger partial charge in [0.15, 0.2) is 0 Å². The van der Waals surface area contributed by atoms with E-state index in [0.29, 0.717) is 38.4 Å². The predicted octanol–water partition coefficient (Wildman–Crippen LogP) is 2.51. The fraction of sp³-hybridized carbons (Fsp3) is 0.609. The third-order valence-electron chi connectivity index (χ3n) is 5.15. The standard InChI is InChI=1S/C23H35N3O5/c1-23(2,3)31-22(29)25-16-20(27)24-15-17-11-13-26(14-12-17)21(28)10-9-18-7-5-6-8-19(18)30-4/h5-8,17H,9-16H2,1-4H3,(H,24,27)(H,25,29). The minimum Gasteiger partial charge on any atom is -0.496 e. The molecular weight excluding hydrogens is 398 g/mol. The van der Waals surface area contributed by atoms with Crippen LogP contribution in [0, 0.1) is 5.92 Å². The van der Waals surface area contributed by atoms with Crippen LogP contribution in [0.3, 0.4) is 0 Å². The molecule has 1 aliphatic rings. The molecule has 0 bridgehead atoms. The quantitative estimate of drug-likeness (QED) is 0.657. The smallest absolute Gasteiger partial charge is 0.408 e. The van der Waals surface area contributed by atoms with Gasteiger partial charge in [-0.1, -0.05) is 18.2 Å². The molecule has 0 unspecified atom stereocenters. The molecule has 8 nitrogen and oxygen atoms in total. The molecule has 0 saturated carbocycles. The van der Waals surface area contributed by atoms with Crippen LogP contribution in [-0.2, 0) is 20.7 Å². The van der Waals surface area contributed by atoms with Crippen molar-refractivity contribution in [1.82, 2.24) is 15.5 Å². The van der Waals surface area contributed by atoms with Crippen molar-refractivity contribution >= 4 is 17.9 Å². The van der Waals surface area contributed by atoms with E-state index >= 15 is 0 Å². The van der Waals surface area contributed by atoms with Crippen molar-refractivity contribution in [3.05, 3.63) is 29.8 Å².